The molecule has 2 nitrogen and oxygen atoms in total. The fraction of sp³-hybridized carbons (Fsp3) is 1.00. The van der Waals surface area contributed by atoms with Crippen molar-refractivity contribution in [3.05, 3.63) is 0 Å². The molecular weight excluding hydrogens is 178 g/mol. The van der Waals surface area contributed by atoms with Gasteiger partial charge in [0.15, 0.2) is 0 Å². The molecule has 0 aliphatic heterocycles. The zero-order valence-electron chi connectivity index (χ0n) is 3.12. The first kappa shape index (κ1) is 9.22. The Kier molecular flexibility index (Phi) is 16.3. The minimum absolute atomic E-state index is 0. The summed E-state index contributed by atoms with van der Waals surface area (Å²) >= 11 is 1.17. The molecule has 0 bridgehead atoms. The van der Waals surface area contributed by atoms with Crippen LogP contribution in [0.2, 0.25) is 0 Å². The van der Waals surface area contributed by atoms with E-state index in [4.69, 9.17) is 0 Å². The average molecular weight is 186 g/mol. The van der Waals surface area contributed by atoms with Gasteiger partial charge in [0, 0.05) is 0 Å². The van der Waals surface area contributed by atoms with Crippen LogP contribution < -0.4 is 0 Å². The van der Waals surface area contributed by atoms with Crippen LogP contribution in [0.25, 0.3) is 0 Å². The first-order valence-corrected chi connectivity index (χ1v) is 2.37. The second kappa shape index (κ2) is 8.83. The molecule has 5 heavy (non-hydrogen) atoms. The number of hydrogen-bond donors (Lipinski definition) is 0. The molecule has 0 spiro atoms. The van der Waals surface area contributed by atoms with E-state index in [1.54, 1.807) is 0 Å². The van der Waals surface area contributed by atoms with Gasteiger partial charge in [0.2, 0.25) is 0 Å². The van der Waals surface area contributed by atoms with Crippen LogP contribution in [0.4, 0.5) is 0 Å². The normalized spacial score (nSPS) is 6.00. The molecule has 0 unspecified atom stereocenters. The van der Waals surface area contributed by atoms with Crippen molar-refractivity contribution in [1.29, 1.82) is 0 Å². The molecule has 0 heterocycles. The summed E-state index contributed by atoms with van der Waals surface area (Å²) < 4.78 is 4.63. The first-order valence-electron chi connectivity index (χ1n) is 1.20. The maximum Gasteiger partial charge on any atom is -0.412 e. The monoisotopic (exact) mass is 185 g/mol. The smallest absolute Gasteiger partial charge is 0.412 e. The van der Waals surface area contributed by atoms with Gasteiger partial charge >= 0.3 is 40.0 Å². The van der Waals surface area contributed by atoms with Gasteiger partial charge in [-0.3, -0.25) is 0 Å². The van der Waals surface area contributed by atoms with Gasteiger partial charge in [-0.15, -0.1) is 0 Å². The second-order valence-corrected chi connectivity index (χ2v) is 1.26. The summed E-state index contributed by atoms with van der Waals surface area (Å²) in [6.45, 7) is 2.84. The Hall–Kier alpha value is 0.738. The summed E-state index contributed by atoms with van der Waals surface area (Å²) in [4.78, 5) is 0. The molecule has 0 saturated carbocycles. The molecule has 2 N–H and O–H groups in total. The van der Waals surface area contributed by atoms with Gasteiger partial charge in [0.1, 0.15) is 0 Å². The third kappa shape index (κ3) is 11.8. The van der Waals surface area contributed by atoms with Crippen LogP contribution in [0.3, 0.4) is 0 Å². The van der Waals surface area contributed by atoms with Crippen LogP contribution in [0.15, 0.2) is 0 Å². The summed E-state index contributed by atoms with van der Waals surface area (Å²) in [5.74, 6) is 0. The number of hydrogen-bond acceptors (Lipinski definition) is 1. The van der Waals surface area contributed by atoms with Crippen molar-refractivity contribution in [3.63, 3.8) is 0 Å². The Bertz CT molecular complexity index is 9.61. The Labute approximate surface area is 45.9 Å². The van der Waals surface area contributed by atoms with Crippen molar-refractivity contribution in [1.82, 2.24) is 0 Å². The van der Waals surface area contributed by atoms with Gasteiger partial charge < -0.3 is 5.48 Å². The Morgan fingerprint density at radius 3 is 2.00 bits per heavy atom. The molecule has 0 aromatic rings. The van der Waals surface area contributed by atoms with E-state index < -0.39 is 0 Å². The van der Waals surface area contributed by atoms with Crippen molar-refractivity contribution in [2.45, 2.75) is 6.92 Å². The van der Waals surface area contributed by atoms with E-state index in [0.29, 0.717) is 0 Å². The summed E-state index contributed by atoms with van der Waals surface area (Å²) in [5, 5.41) is 0. The van der Waals surface area contributed by atoms with Gasteiger partial charge in [-0.05, 0) is 0 Å². The van der Waals surface area contributed by atoms with Gasteiger partial charge in [-0.25, -0.2) is 0 Å². The van der Waals surface area contributed by atoms with Gasteiger partial charge in [0.05, 0.1) is 0 Å². The Balaban J connectivity index is 0. The minimum atomic E-state index is 0. The molecule has 0 aliphatic rings. The molecule has 0 aliphatic carbocycles. The SMILES string of the molecule is CC[O][SbH].O. The van der Waals surface area contributed by atoms with Crippen molar-refractivity contribution < 1.29 is 8.49 Å². The van der Waals surface area contributed by atoms with E-state index in [2.05, 4.69) is 3.02 Å². The maximum absolute atomic E-state index is 4.63. The topological polar surface area (TPSA) is 40.7 Å². The molecule has 3 heteroatoms. The standard InChI is InChI=1S/C2H5O.H2O.Sb.H/c1-2-3;;;/h2H2,1H3;1H2;;/q-1;;+1;. The van der Waals surface area contributed by atoms with E-state index in [0.717, 1.165) is 6.61 Å². The van der Waals surface area contributed by atoms with E-state index in [9.17, 15) is 0 Å². The fourth-order valence-corrected chi connectivity index (χ4v) is 0. The quantitative estimate of drug-likeness (QED) is 0.484. The van der Waals surface area contributed by atoms with Crippen molar-refractivity contribution >= 4 is 23.4 Å². The van der Waals surface area contributed by atoms with Crippen LogP contribution in [0.5, 0.6) is 0 Å². The largest absolute Gasteiger partial charge is 0.412 e. The summed E-state index contributed by atoms with van der Waals surface area (Å²) in [6, 6.07) is 0. The molecule has 33 valence electrons. The van der Waals surface area contributed by atoms with Crippen LogP contribution in [-0.2, 0) is 3.02 Å². The molecule has 0 rings (SSSR count). The third-order valence-corrected chi connectivity index (χ3v) is 0.968. The van der Waals surface area contributed by atoms with Crippen molar-refractivity contribution in [2.75, 3.05) is 6.61 Å². The minimum Gasteiger partial charge on any atom is -0.412 e. The molecule has 0 fully saturated rings. The van der Waals surface area contributed by atoms with E-state index in [1.165, 1.54) is 23.4 Å². The Morgan fingerprint density at radius 1 is 1.80 bits per heavy atom. The third-order valence-electron chi connectivity index (χ3n) is 0.144. The summed E-state index contributed by atoms with van der Waals surface area (Å²) in [5.41, 5.74) is 0. The molecule has 0 aromatic heterocycles. The van der Waals surface area contributed by atoms with Gasteiger partial charge in [-0.2, -0.15) is 0 Å². The van der Waals surface area contributed by atoms with Crippen LogP contribution in [0.1, 0.15) is 6.92 Å². The Morgan fingerprint density at radius 2 is 2.00 bits per heavy atom. The summed E-state index contributed by atoms with van der Waals surface area (Å²) in [7, 11) is 0. The van der Waals surface area contributed by atoms with Crippen LogP contribution >= 0.6 is 0 Å². The predicted octanol–water partition coefficient (Wildman–Crippen LogP) is -0.986. The molecule has 0 aromatic carbocycles. The van der Waals surface area contributed by atoms with Gasteiger partial charge in [0.25, 0.3) is 0 Å². The summed E-state index contributed by atoms with van der Waals surface area (Å²) in [6.07, 6.45) is 0. The second-order valence-electron chi connectivity index (χ2n) is 0.433. The molecule has 1 radical (unpaired) electrons. The average Bonchev–Trinajstić information content (AvgIpc) is 1.37. The molecule has 0 saturated heterocycles. The molecule has 0 atom stereocenters. The first-order chi connectivity index (χ1) is 1.91. The predicted molar refractivity (Wildman–Crippen MR) is 22.4 cm³/mol. The fourth-order valence-electron chi connectivity index (χ4n) is 0. The van der Waals surface area contributed by atoms with Gasteiger partial charge in [-0.1, -0.05) is 0 Å². The molecule has 0 amide bonds. The maximum atomic E-state index is 4.63. The van der Waals surface area contributed by atoms with Crippen molar-refractivity contribution in [3.8, 4) is 0 Å². The zero-order valence-corrected chi connectivity index (χ0v) is 5.97. The van der Waals surface area contributed by atoms with E-state index in [1.807, 2.05) is 6.92 Å². The van der Waals surface area contributed by atoms with E-state index >= 15 is 0 Å². The van der Waals surface area contributed by atoms with E-state index in [-0.39, 0.29) is 5.48 Å². The molecular formula is C2H8O2Sb. The van der Waals surface area contributed by atoms with Crippen molar-refractivity contribution in [2.24, 2.45) is 0 Å². The van der Waals surface area contributed by atoms with Crippen LogP contribution in [-0.4, -0.2) is 35.5 Å². The zero-order chi connectivity index (χ0) is 3.41. The van der Waals surface area contributed by atoms with Crippen LogP contribution in [0, 0.1) is 0 Å². The number of rotatable bonds is 1.